The molecule has 0 saturated carbocycles. The predicted octanol–water partition coefficient (Wildman–Crippen LogP) is 4.18. The number of carbonyl (C=O) groups excluding carboxylic acids is 1. The van der Waals surface area contributed by atoms with Gasteiger partial charge in [-0.15, -0.1) is 0 Å². The molecule has 0 aliphatic heterocycles. The maximum Gasteiger partial charge on any atom is 0.422 e. The molecule has 0 radical (unpaired) electrons. The Morgan fingerprint density at radius 2 is 2.04 bits per heavy atom. The summed E-state index contributed by atoms with van der Waals surface area (Å²) in [4.78, 5) is 16.3. The summed E-state index contributed by atoms with van der Waals surface area (Å²) in [5.74, 6) is 0.0696. The van der Waals surface area contributed by atoms with Crippen LogP contribution in [-0.2, 0) is 0 Å². The topological polar surface area (TPSA) is 60.5 Å². The van der Waals surface area contributed by atoms with Gasteiger partial charge in [0.1, 0.15) is 11.5 Å². The Bertz CT molecular complexity index is 767. The van der Waals surface area contributed by atoms with Gasteiger partial charge < -0.3 is 14.8 Å². The molecule has 1 N–H and O–H groups in total. The molecule has 26 heavy (non-hydrogen) atoms. The second kappa shape index (κ2) is 8.27. The molecule has 9 heteroatoms. The van der Waals surface area contributed by atoms with Crippen molar-refractivity contribution in [1.82, 2.24) is 10.3 Å². The number of nitrogens with zero attached hydrogens (tertiary/aromatic N) is 1. The maximum absolute atomic E-state index is 12.3. The number of methoxy groups -OCH3 is 1. The normalized spacial score (nSPS) is 12.4. The van der Waals surface area contributed by atoms with Crippen LogP contribution in [0, 0.1) is 0 Å². The van der Waals surface area contributed by atoms with Gasteiger partial charge >= 0.3 is 6.18 Å². The van der Waals surface area contributed by atoms with Gasteiger partial charge in [0.2, 0.25) is 0 Å². The van der Waals surface area contributed by atoms with Crippen LogP contribution < -0.4 is 14.8 Å². The molecule has 1 heterocycles. The second-order valence-electron chi connectivity index (χ2n) is 5.37. The molecule has 0 bridgehead atoms. The Morgan fingerprint density at radius 1 is 1.31 bits per heavy atom. The minimum atomic E-state index is -4.42. The lowest BCUT2D eigenvalue weighted by atomic mass is 10.1. The van der Waals surface area contributed by atoms with E-state index in [0.29, 0.717) is 22.0 Å². The third kappa shape index (κ3) is 5.52. The Balaban J connectivity index is 1.99. The molecule has 0 spiro atoms. The summed E-state index contributed by atoms with van der Waals surface area (Å²) >= 11 is 5.99. The Hall–Kier alpha value is -2.48. The van der Waals surface area contributed by atoms with Crippen LogP contribution in [-0.4, -0.2) is 30.8 Å². The van der Waals surface area contributed by atoms with E-state index in [-0.39, 0.29) is 11.7 Å². The van der Waals surface area contributed by atoms with Gasteiger partial charge in [0.25, 0.3) is 5.91 Å². The Labute approximate surface area is 153 Å². The number of hydrogen-bond donors (Lipinski definition) is 1. The van der Waals surface area contributed by atoms with E-state index in [9.17, 15) is 18.0 Å². The lowest BCUT2D eigenvalue weighted by molar-refractivity contribution is -0.153. The van der Waals surface area contributed by atoms with E-state index >= 15 is 0 Å². The smallest absolute Gasteiger partial charge is 0.422 e. The molecule has 2 aromatic rings. The number of benzene rings is 1. The summed E-state index contributed by atoms with van der Waals surface area (Å²) in [6.07, 6.45) is -3.24. The number of alkyl halides is 3. The molecule has 1 aromatic carbocycles. The highest BCUT2D eigenvalue weighted by atomic mass is 35.5. The van der Waals surface area contributed by atoms with Crippen LogP contribution in [0.25, 0.3) is 0 Å². The van der Waals surface area contributed by atoms with Crippen molar-refractivity contribution in [2.75, 3.05) is 13.7 Å². The second-order valence-corrected chi connectivity index (χ2v) is 5.77. The van der Waals surface area contributed by atoms with Crippen molar-refractivity contribution in [3.8, 4) is 11.5 Å². The van der Waals surface area contributed by atoms with Gasteiger partial charge in [0.05, 0.1) is 30.1 Å². The fraction of sp³-hybridized carbons (Fsp3) is 0.294. The summed E-state index contributed by atoms with van der Waals surface area (Å²) in [5, 5.41) is 3.03. The van der Waals surface area contributed by atoms with Gasteiger partial charge in [-0.1, -0.05) is 11.6 Å². The quantitative estimate of drug-likeness (QED) is 0.806. The standard InChI is InChI=1S/C17H16ClF3N2O3/c1-10(14-5-4-12(8-22-14)26-9-17(19,20)21)23-16(24)11-3-6-15(25-2)13(18)7-11/h3-8,10H,9H2,1-2H3,(H,23,24). The van der Waals surface area contributed by atoms with E-state index in [1.54, 1.807) is 19.1 Å². The molecule has 1 amide bonds. The van der Waals surface area contributed by atoms with Gasteiger partial charge in [-0.2, -0.15) is 13.2 Å². The molecule has 1 atom stereocenters. The molecular formula is C17H16ClF3N2O3. The third-order valence-corrected chi connectivity index (χ3v) is 3.66. The number of amides is 1. The lowest BCUT2D eigenvalue weighted by Crippen LogP contribution is -2.27. The highest BCUT2D eigenvalue weighted by Gasteiger charge is 2.28. The van der Waals surface area contributed by atoms with Gasteiger partial charge in [-0.3, -0.25) is 9.78 Å². The molecule has 1 aromatic heterocycles. The Morgan fingerprint density at radius 3 is 2.58 bits per heavy atom. The molecule has 0 aliphatic carbocycles. The van der Waals surface area contributed by atoms with Gasteiger partial charge in [-0.05, 0) is 37.3 Å². The summed E-state index contributed by atoms with van der Waals surface area (Å²) < 4.78 is 46.0. The molecule has 140 valence electrons. The highest BCUT2D eigenvalue weighted by Crippen LogP contribution is 2.25. The fourth-order valence-corrected chi connectivity index (χ4v) is 2.32. The maximum atomic E-state index is 12.3. The van der Waals surface area contributed by atoms with E-state index in [1.807, 2.05) is 0 Å². The molecule has 0 aliphatic rings. The zero-order valence-electron chi connectivity index (χ0n) is 13.9. The molecule has 1 unspecified atom stereocenters. The monoisotopic (exact) mass is 388 g/mol. The molecule has 2 rings (SSSR count). The first-order valence-electron chi connectivity index (χ1n) is 7.49. The van der Waals surface area contributed by atoms with E-state index in [1.165, 1.54) is 31.5 Å². The fourth-order valence-electron chi connectivity index (χ4n) is 2.06. The van der Waals surface area contributed by atoms with Crippen LogP contribution in [0.3, 0.4) is 0 Å². The van der Waals surface area contributed by atoms with Crippen LogP contribution >= 0.6 is 11.6 Å². The number of carbonyl (C=O) groups is 1. The van der Waals surface area contributed by atoms with Crippen molar-refractivity contribution < 1.29 is 27.4 Å². The van der Waals surface area contributed by atoms with Crippen molar-refractivity contribution in [2.45, 2.75) is 19.1 Å². The predicted molar refractivity (Wildman–Crippen MR) is 89.7 cm³/mol. The minimum Gasteiger partial charge on any atom is -0.495 e. The number of pyridine rings is 1. The summed E-state index contributed by atoms with van der Waals surface area (Å²) in [6, 6.07) is 6.99. The van der Waals surface area contributed by atoms with Crippen LogP contribution in [0.4, 0.5) is 13.2 Å². The van der Waals surface area contributed by atoms with Crippen molar-refractivity contribution in [1.29, 1.82) is 0 Å². The van der Waals surface area contributed by atoms with Gasteiger partial charge in [0.15, 0.2) is 6.61 Å². The average Bonchev–Trinajstić information content (AvgIpc) is 2.59. The number of aromatic nitrogens is 1. The zero-order chi connectivity index (χ0) is 19.3. The minimum absolute atomic E-state index is 0.00784. The number of nitrogens with one attached hydrogen (secondary N) is 1. The van der Waals surface area contributed by atoms with Gasteiger partial charge in [0, 0.05) is 5.56 Å². The number of rotatable bonds is 6. The van der Waals surface area contributed by atoms with E-state index < -0.39 is 18.8 Å². The van der Waals surface area contributed by atoms with E-state index in [4.69, 9.17) is 16.3 Å². The largest absolute Gasteiger partial charge is 0.495 e. The van der Waals surface area contributed by atoms with E-state index in [0.717, 1.165) is 0 Å². The van der Waals surface area contributed by atoms with Crippen LogP contribution in [0.5, 0.6) is 11.5 Å². The summed E-state index contributed by atoms with van der Waals surface area (Å²) in [6.45, 7) is 0.306. The molecule has 0 fully saturated rings. The SMILES string of the molecule is COc1ccc(C(=O)NC(C)c2ccc(OCC(F)(F)F)cn2)cc1Cl. The molecule has 5 nitrogen and oxygen atoms in total. The Kier molecular flexibility index (Phi) is 6.31. The molecule has 0 saturated heterocycles. The van der Waals surface area contributed by atoms with Gasteiger partial charge in [-0.25, -0.2) is 0 Å². The zero-order valence-corrected chi connectivity index (χ0v) is 14.7. The van der Waals surface area contributed by atoms with Crippen LogP contribution in [0.1, 0.15) is 29.0 Å². The summed E-state index contributed by atoms with van der Waals surface area (Å²) in [7, 11) is 1.47. The number of hydrogen-bond acceptors (Lipinski definition) is 4. The van der Waals surface area contributed by atoms with Crippen molar-refractivity contribution in [2.24, 2.45) is 0 Å². The lowest BCUT2D eigenvalue weighted by Gasteiger charge is -2.15. The van der Waals surface area contributed by atoms with Crippen molar-refractivity contribution in [3.63, 3.8) is 0 Å². The first kappa shape index (κ1) is 19.8. The summed E-state index contributed by atoms with van der Waals surface area (Å²) in [5.41, 5.74) is 0.810. The molecular weight excluding hydrogens is 373 g/mol. The van der Waals surface area contributed by atoms with E-state index in [2.05, 4.69) is 15.0 Å². The third-order valence-electron chi connectivity index (χ3n) is 3.37. The first-order chi connectivity index (χ1) is 12.2. The highest BCUT2D eigenvalue weighted by molar-refractivity contribution is 6.32. The van der Waals surface area contributed by atoms with Crippen molar-refractivity contribution >= 4 is 17.5 Å². The van der Waals surface area contributed by atoms with Crippen LogP contribution in [0.15, 0.2) is 36.5 Å². The number of ether oxygens (including phenoxy) is 2. The van der Waals surface area contributed by atoms with Crippen LogP contribution in [0.2, 0.25) is 5.02 Å². The van der Waals surface area contributed by atoms with Crippen molar-refractivity contribution in [3.05, 3.63) is 52.8 Å². The first-order valence-corrected chi connectivity index (χ1v) is 7.87. The average molecular weight is 389 g/mol. The number of halogens is 4.